The van der Waals surface area contributed by atoms with Gasteiger partial charge in [-0.15, -0.1) is 0 Å². The van der Waals surface area contributed by atoms with Crippen molar-refractivity contribution in [3.63, 3.8) is 0 Å². The van der Waals surface area contributed by atoms with Crippen LogP contribution in [-0.2, 0) is 0 Å². The second kappa shape index (κ2) is 8.82. The molecule has 0 aliphatic rings. The molecule has 0 saturated heterocycles. The Bertz CT molecular complexity index is 1180. The number of rotatable bonds is 6. The fourth-order valence-corrected chi connectivity index (χ4v) is 2.87. The molecule has 0 aliphatic heterocycles. The molecule has 0 aliphatic carbocycles. The summed E-state index contributed by atoms with van der Waals surface area (Å²) < 4.78 is 0. The maximum atomic E-state index is 12.8. The van der Waals surface area contributed by atoms with Crippen molar-refractivity contribution in [3.8, 4) is 0 Å². The maximum Gasteiger partial charge on any atom is 0.289 e. The minimum Gasteiger partial charge on any atom is -0.322 e. The van der Waals surface area contributed by atoms with Crippen molar-refractivity contribution < 1.29 is 19.4 Å². The van der Waals surface area contributed by atoms with Gasteiger partial charge in [-0.1, -0.05) is 24.3 Å². The topological polar surface area (TPSA) is 136 Å². The van der Waals surface area contributed by atoms with E-state index in [0.717, 1.165) is 18.2 Å². The molecule has 3 aromatic rings. The highest BCUT2D eigenvalue weighted by Gasteiger charge is 2.24. The van der Waals surface area contributed by atoms with E-state index in [-0.39, 0.29) is 17.2 Å². The lowest BCUT2D eigenvalue weighted by Gasteiger charge is -2.17. The summed E-state index contributed by atoms with van der Waals surface area (Å²) in [4.78, 5) is 47.2. The molecule has 3 aromatic carbocycles. The van der Waals surface area contributed by atoms with Crippen LogP contribution in [-0.4, -0.2) is 28.7 Å². The van der Waals surface area contributed by atoms with E-state index in [1.165, 1.54) is 17.0 Å². The Hall–Kier alpha value is -4.60. The van der Waals surface area contributed by atoms with Crippen LogP contribution in [0.3, 0.4) is 0 Å². The molecule has 0 radical (unpaired) electrons. The Balaban J connectivity index is 1.84. The zero-order valence-corrected chi connectivity index (χ0v) is 16.2. The first-order chi connectivity index (χ1) is 14.8. The lowest BCUT2D eigenvalue weighted by atomic mass is 10.1. The van der Waals surface area contributed by atoms with Gasteiger partial charge in [0.05, 0.1) is 15.9 Å². The monoisotopic (exact) mass is 420 g/mol. The van der Waals surface area contributed by atoms with Gasteiger partial charge in [0.25, 0.3) is 23.2 Å². The fraction of sp³-hybridized carbons (Fsp3) is 0.0476. The Labute approximate surface area is 176 Å². The normalized spacial score (nSPS) is 10.2. The van der Waals surface area contributed by atoms with Crippen LogP contribution < -0.4 is 10.2 Å². The van der Waals surface area contributed by atoms with Gasteiger partial charge in [-0.05, 0) is 36.4 Å². The van der Waals surface area contributed by atoms with E-state index in [1.54, 1.807) is 43.4 Å². The molecule has 0 unspecified atom stereocenters. The number of para-hydroxylation sites is 1. The first-order valence-electron chi connectivity index (χ1n) is 8.95. The summed E-state index contributed by atoms with van der Waals surface area (Å²) in [5, 5.41) is 24.6. The fourth-order valence-electron chi connectivity index (χ4n) is 2.87. The van der Waals surface area contributed by atoms with Crippen LogP contribution in [0.5, 0.6) is 0 Å². The Morgan fingerprint density at radius 1 is 0.871 bits per heavy atom. The van der Waals surface area contributed by atoms with Crippen LogP contribution in [0.1, 0.15) is 20.7 Å². The average Bonchev–Trinajstić information content (AvgIpc) is 2.78. The maximum absolute atomic E-state index is 12.8. The van der Waals surface area contributed by atoms with Crippen molar-refractivity contribution in [1.82, 2.24) is 0 Å². The second-order valence-corrected chi connectivity index (χ2v) is 6.45. The largest absolute Gasteiger partial charge is 0.322 e. The molecule has 10 nitrogen and oxygen atoms in total. The SMILES string of the molecule is CN(C(=O)c1cccc(NC(=O)c2ccc([N+](=O)[O-])cc2[N+](=O)[O-])c1)c1ccccc1. The van der Waals surface area contributed by atoms with Crippen molar-refractivity contribution in [2.45, 2.75) is 0 Å². The van der Waals surface area contributed by atoms with Gasteiger partial charge in [0, 0.05) is 30.1 Å². The molecule has 0 atom stereocenters. The van der Waals surface area contributed by atoms with Gasteiger partial charge in [-0.3, -0.25) is 29.8 Å². The van der Waals surface area contributed by atoms with Gasteiger partial charge in [0.1, 0.15) is 5.56 Å². The summed E-state index contributed by atoms with van der Waals surface area (Å²) in [7, 11) is 1.61. The number of nitro groups is 2. The van der Waals surface area contributed by atoms with Crippen LogP contribution in [0, 0.1) is 20.2 Å². The third-order valence-electron chi connectivity index (χ3n) is 4.45. The van der Waals surface area contributed by atoms with Crippen molar-refractivity contribution in [2.24, 2.45) is 0 Å². The quantitative estimate of drug-likeness (QED) is 0.472. The van der Waals surface area contributed by atoms with Crippen LogP contribution in [0.2, 0.25) is 0 Å². The first kappa shape index (κ1) is 21.1. The van der Waals surface area contributed by atoms with E-state index >= 15 is 0 Å². The van der Waals surface area contributed by atoms with E-state index in [2.05, 4.69) is 5.32 Å². The molecule has 3 rings (SSSR count). The molecule has 0 spiro atoms. The summed E-state index contributed by atoms with van der Waals surface area (Å²) in [6.07, 6.45) is 0. The number of non-ortho nitro benzene ring substituents is 1. The summed E-state index contributed by atoms with van der Waals surface area (Å²) in [6, 6.07) is 17.8. The van der Waals surface area contributed by atoms with Gasteiger partial charge in [-0.2, -0.15) is 0 Å². The van der Waals surface area contributed by atoms with E-state index < -0.39 is 27.1 Å². The van der Waals surface area contributed by atoms with Crippen molar-refractivity contribution >= 4 is 34.6 Å². The Morgan fingerprint density at radius 2 is 1.58 bits per heavy atom. The number of hydrogen-bond acceptors (Lipinski definition) is 6. The third kappa shape index (κ3) is 4.70. The Kier molecular flexibility index (Phi) is 6.01. The van der Waals surface area contributed by atoms with Crippen molar-refractivity contribution in [3.05, 3.63) is 104 Å². The molecule has 156 valence electrons. The molecule has 31 heavy (non-hydrogen) atoms. The molecular weight excluding hydrogens is 404 g/mol. The van der Waals surface area contributed by atoms with Crippen molar-refractivity contribution in [2.75, 3.05) is 17.3 Å². The first-order valence-corrected chi connectivity index (χ1v) is 8.95. The smallest absolute Gasteiger partial charge is 0.289 e. The number of hydrogen-bond donors (Lipinski definition) is 1. The van der Waals surface area contributed by atoms with Crippen LogP contribution in [0.25, 0.3) is 0 Å². The lowest BCUT2D eigenvalue weighted by Crippen LogP contribution is -2.26. The molecule has 10 heteroatoms. The number of benzene rings is 3. The minimum absolute atomic E-state index is 0.241. The Morgan fingerprint density at radius 3 is 2.23 bits per heavy atom. The molecule has 0 bridgehead atoms. The molecule has 1 N–H and O–H groups in total. The van der Waals surface area contributed by atoms with Crippen LogP contribution >= 0.6 is 0 Å². The van der Waals surface area contributed by atoms with Gasteiger partial charge in [-0.25, -0.2) is 0 Å². The number of carbonyl (C=O) groups excluding carboxylic acids is 2. The van der Waals surface area contributed by atoms with Crippen LogP contribution in [0.4, 0.5) is 22.7 Å². The highest BCUT2D eigenvalue weighted by Crippen LogP contribution is 2.26. The average molecular weight is 420 g/mol. The molecule has 0 fully saturated rings. The summed E-state index contributed by atoms with van der Waals surface area (Å²) in [5.41, 5.74) is -0.313. The van der Waals surface area contributed by atoms with E-state index in [9.17, 15) is 29.8 Å². The molecule has 0 heterocycles. The molecular formula is C21H16N4O6. The summed E-state index contributed by atoms with van der Waals surface area (Å²) in [6.45, 7) is 0. The van der Waals surface area contributed by atoms with Gasteiger partial charge >= 0.3 is 0 Å². The standard InChI is InChI=1S/C21H16N4O6/c1-23(16-8-3-2-4-9-16)21(27)14-6-5-7-15(12-14)22-20(26)18-11-10-17(24(28)29)13-19(18)25(30)31/h2-13H,1H3,(H,22,26). The third-order valence-corrected chi connectivity index (χ3v) is 4.45. The number of amides is 2. The zero-order valence-electron chi connectivity index (χ0n) is 16.2. The number of nitrogens with zero attached hydrogens (tertiary/aromatic N) is 3. The molecule has 2 amide bonds. The number of anilines is 2. The highest BCUT2D eigenvalue weighted by molar-refractivity contribution is 6.09. The lowest BCUT2D eigenvalue weighted by molar-refractivity contribution is -0.394. The van der Waals surface area contributed by atoms with Crippen molar-refractivity contribution in [1.29, 1.82) is 0 Å². The summed E-state index contributed by atoms with van der Waals surface area (Å²) >= 11 is 0. The zero-order chi connectivity index (χ0) is 22.5. The number of nitro benzene ring substituents is 2. The van der Waals surface area contributed by atoms with Crippen LogP contribution in [0.15, 0.2) is 72.8 Å². The minimum atomic E-state index is -0.864. The molecule has 0 aromatic heterocycles. The van der Waals surface area contributed by atoms with Gasteiger partial charge in [0.2, 0.25) is 0 Å². The molecule has 0 saturated carbocycles. The predicted octanol–water partition coefficient (Wildman–Crippen LogP) is 4.03. The summed E-state index contributed by atoms with van der Waals surface area (Å²) in [5.74, 6) is -1.15. The number of nitrogens with one attached hydrogen (secondary N) is 1. The van der Waals surface area contributed by atoms with Gasteiger partial charge in [0.15, 0.2) is 0 Å². The van der Waals surface area contributed by atoms with E-state index in [0.29, 0.717) is 11.3 Å². The number of carbonyl (C=O) groups is 2. The van der Waals surface area contributed by atoms with Gasteiger partial charge < -0.3 is 10.2 Å². The highest BCUT2D eigenvalue weighted by atomic mass is 16.6. The predicted molar refractivity (Wildman–Crippen MR) is 113 cm³/mol. The van der Waals surface area contributed by atoms with E-state index in [1.807, 2.05) is 6.07 Å². The second-order valence-electron chi connectivity index (χ2n) is 6.45. The van der Waals surface area contributed by atoms with E-state index in [4.69, 9.17) is 0 Å².